The minimum absolute atomic E-state index is 0.000722. The van der Waals surface area contributed by atoms with Crippen LogP contribution in [0, 0.1) is 0 Å². The summed E-state index contributed by atoms with van der Waals surface area (Å²) < 4.78 is 37.5. The maximum Gasteiger partial charge on any atom is 0.262 e. The monoisotopic (exact) mass is 376 g/mol. The van der Waals surface area contributed by atoms with E-state index < -0.39 is 10.0 Å². The first-order valence-electron chi connectivity index (χ1n) is 6.28. The van der Waals surface area contributed by atoms with Crippen LogP contribution >= 0.6 is 23.2 Å². The zero-order valence-electron chi connectivity index (χ0n) is 12.3. The Hall–Kier alpha value is -1.83. The van der Waals surface area contributed by atoms with Crippen LogP contribution in [0.1, 0.15) is 0 Å². The highest BCUT2D eigenvalue weighted by Crippen LogP contribution is 2.33. The Kier molecular flexibility index (Phi) is 5.13. The molecule has 0 aliphatic rings. The van der Waals surface area contributed by atoms with Crippen molar-refractivity contribution in [1.82, 2.24) is 0 Å². The van der Waals surface area contributed by atoms with E-state index in [-0.39, 0.29) is 26.3 Å². The van der Waals surface area contributed by atoms with Crippen LogP contribution in [0.3, 0.4) is 0 Å². The average molecular weight is 377 g/mol. The van der Waals surface area contributed by atoms with Gasteiger partial charge in [0.25, 0.3) is 10.0 Å². The second-order valence-electron chi connectivity index (χ2n) is 4.48. The van der Waals surface area contributed by atoms with Crippen LogP contribution in [0.5, 0.6) is 11.5 Å². The molecule has 0 aliphatic heterocycles. The van der Waals surface area contributed by atoms with E-state index in [0.717, 1.165) is 0 Å². The minimum atomic E-state index is -3.86. The number of anilines is 2. The number of hydrogen-bond donors (Lipinski definition) is 2. The Morgan fingerprint density at radius 2 is 1.57 bits per heavy atom. The third-order valence-corrected chi connectivity index (χ3v) is 5.00. The van der Waals surface area contributed by atoms with Crippen molar-refractivity contribution in [3.63, 3.8) is 0 Å². The second kappa shape index (κ2) is 6.74. The average Bonchev–Trinajstić information content (AvgIpc) is 2.51. The van der Waals surface area contributed by atoms with Crippen LogP contribution in [-0.2, 0) is 10.0 Å². The lowest BCUT2D eigenvalue weighted by Gasteiger charge is -2.12. The number of nitrogen functional groups attached to an aromatic ring is 1. The van der Waals surface area contributed by atoms with Crippen molar-refractivity contribution in [3.05, 3.63) is 40.4 Å². The summed E-state index contributed by atoms with van der Waals surface area (Å²) in [6.07, 6.45) is 0. The number of ether oxygens (including phenoxy) is 2. The predicted octanol–water partition coefficient (Wildman–Crippen LogP) is 3.39. The van der Waals surface area contributed by atoms with Crippen molar-refractivity contribution in [3.8, 4) is 11.5 Å². The summed E-state index contributed by atoms with van der Waals surface area (Å²) in [5.41, 5.74) is 6.00. The molecule has 0 fully saturated rings. The van der Waals surface area contributed by atoms with Gasteiger partial charge in [0.15, 0.2) is 11.5 Å². The Morgan fingerprint density at radius 1 is 1.00 bits per heavy atom. The van der Waals surface area contributed by atoms with Crippen molar-refractivity contribution < 1.29 is 17.9 Å². The Bertz CT molecular complexity index is 818. The number of nitrogens with two attached hydrogens (primary N) is 1. The molecule has 6 nitrogen and oxygen atoms in total. The smallest absolute Gasteiger partial charge is 0.262 e. The van der Waals surface area contributed by atoms with E-state index in [0.29, 0.717) is 11.5 Å². The minimum Gasteiger partial charge on any atom is -0.493 e. The molecule has 124 valence electrons. The number of rotatable bonds is 5. The highest BCUT2D eigenvalue weighted by atomic mass is 35.5. The molecule has 2 rings (SSSR count). The Balaban J connectivity index is 2.39. The molecule has 0 saturated carbocycles. The van der Waals surface area contributed by atoms with E-state index in [1.54, 1.807) is 0 Å². The maximum absolute atomic E-state index is 12.5. The highest BCUT2D eigenvalue weighted by molar-refractivity contribution is 7.92. The second-order valence-corrected chi connectivity index (χ2v) is 6.97. The number of halogens is 2. The van der Waals surface area contributed by atoms with Crippen LogP contribution in [0.25, 0.3) is 0 Å². The first-order valence-corrected chi connectivity index (χ1v) is 8.51. The van der Waals surface area contributed by atoms with Gasteiger partial charge in [-0.3, -0.25) is 4.72 Å². The van der Waals surface area contributed by atoms with Crippen molar-refractivity contribution in [2.75, 3.05) is 24.7 Å². The quantitative estimate of drug-likeness (QED) is 0.780. The summed E-state index contributed by atoms with van der Waals surface area (Å²) in [5, 5.41) is 0.310. The lowest BCUT2D eigenvalue weighted by atomic mass is 10.3. The van der Waals surface area contributed by atoms with Gasteiger partial charge in [0.1, 0.15) is 0 Å². The molecule has 23 heavy (non-hydrogen) atoms. The lowest BCUT2D eigenvalue weighted by molar-refractivity contribution is 0.354. The van der Waals surface area contributed by atoms with E-state index in [4.69, 9.17) is 38.4 Å². The third kappa shape index (κ3) is 3.74. The third-order valence-electron chi connectivity index (χ3n) is 3.00. The summed E-state index contributed by atoms with van der Waals surface area (Å²) in [4.78, 5) is -0.000722. The van der Waals surface area contributed by atoms with E-state index in [9.17, 15) is 8.42 Å². The zero-order chi connectivity index (χ0) is 17.2. The number of nitrogens with one attached hydrogen (secondary N) is 1. The fourth-order valence-electron chi connectivity index (χ4n) is 1.84. The van der Waals surface area contributed by atoms with Gasteiger partial charge in [-0.1, -0.05) is 23.2 Å². The molecule has 0 aliphatic carbocycles. The molecule has 9 heteroatoms. The molecular weight excluding hydrogens is 363 g/mol. The molecule has 3 N–H and O–H groups in total. The molecule has 0 atom stereocenters. The van der Waals surface area contributed by atoms with Gasteiger partial charge in [0.05, 0.1) is 40.5 Å². The van der Waals surface area contributed by atoms with E-state index in [2.05, 4.69) is 4.72 Å². The number of sulfonamides is 1. The molecule has 2 aromatic rings. The van der Waals surface area contributed by atoms with Gasteiger partial charge in [-0.25, -0.2) is 8.42 Å². The van der Waals surface area contributed by atoms with Crippen LogP contribution in [0.15, 0.2) is 35.2 Å². The molecule has 0 radical (unpaired) electrons. The van der Waals surface area contributed by atoms with Gasteiger partial charge in [-0.15, -0.1) is 0 Å². The van der Waals surface area contributed by atoms with Crippen LogP contribution in [-0.4, -0.2) is 22.6 Å². The van der Waals surface area contributed by atoms with Gasteiger partial charge < -0.3 is 15.2 Å². The van der Waals surface area contributed by atoms with Crippen molar-refractivity contribution >= 4 is 44.6 Å². The molecule has 0 amide bonds. The van der Waals surface area contributed by atoms with Gasteiger partial charge in [-0.2, -0.15) is 0 Å². The molecule has 0 saturated heterocycles. The molecule has 0 bridgehead atoms. The summed E-state index contributed by atoms with van der Waals surface area (Å²) in [5.74, 6) is 0.716. The molecule has 0 aromatic heterocycles. The predicted molar refractivity (Wildman–Crippen MR) is 91.2 cm³/mol. The summed E-state index contributed by atoms with van der Waals surface area (Å²) in [7, 11) is -0.982. The first-order chi connectivity index (χ1) is 10.8. The Morgan fingerprint density at radius 3 is 2.09 bits per heavy atom. The van der Waals surface area contributed by atoms with Gasteiger partial charge in [0, 0.05) is 6.07 Å². The number of benzene rings is 2. The zero-order valence-corrected chi connectivity index (χ0v) is 14.6. The van der Waals surface area contributed by atoms with Crippen molar-refractivity contribution in [2.24, 2.45) is 0 Å². The highest BCUT2D eigenvalue weighted by Gasteiger charge is 2.18. The topological polar surface area (TPSA) is 90.7 Å². The Labute approximate surface area is 144 Å². The molecule has 2 aromatic carbocycles. The largest absolute Gasteiger partial charge is 0.493 e. The van der Waals surface area contributed by atoms with Gasteiger partial charge in [-0.05, 0) is 24.3 Å². The van der Waals surface area contributed by atoms with E-state index in [1.807, 2.05) is 0 Å². The van der Waals surface area contributed by atoms with E-state index >= 15 is 0 Å². The molecule has 0 unspecified atom stereocenters. The van der Waals surface area contributed by atoms with Crippen LogP contribution < -0.4 is 19.9 Å². The standard InChI is InChI=1S/C14H14Cl2N2O4S/c1-21-12-4-3-9(7-13(12)22-2)23(19,20)18-8-5-10(15)14(17)11(16)6-8/h3-7,18H,17H2,1-2H3. The summed E-state index contributed by atoms with van der Waals surface area (Å²) >= 11 is 11.8. The fourth-order valence-corrected chi connectivity index (χ4v) is 3.38. The van der Waals surface area contributed by atoms with Gasteiger partial charge >= 0.3 is 0 Å². The SMILES string of the molecule is COc1ccc(S(=O)(=O)Nc2cc(Cl)c(N)c(Cl)c2)cc1OC. The molecular formula is C14H14Cl2N2O4S. The van der Waals surface area contributed by atoms with Crippen molar-refractivity contribution in [2.45, 2.75) is 4.90 Å². The normalized spacial score (nSPS) is 11.1. The first kappa shape index (κ1) is 17.5. The molecule has 0 heterocycles. The van der Waals surface area contributed by atoms with Crippen LogP contribution in [0.4, 0.5) is 11.4 Å². The summed E-state index contributed by atoms with van der Waals surface area (Å²) in [6, 6.07) is 6.99. The maximum atomic E-state index is 12.5. The molecule has 0 spiro atoms. The van der Waals surface area contributed by atoms with Gasteiger partial charge in [0.2, 0.25) is 0 Å². The number of hydrogen-bond acceptors (Lipinski definition) is 5. The lowest BCUT2D eigenvalue weighted by Crippen LogP contribution is -2.13. The van der Waals surface area contributed by atoms with Crippen molar-refractivity contribution in [1.29, 1.82) is 0 Å². The van der Waals surface area contributed by atoms with E-state index in [1.165, 1.54) is 44.6 Å². The number of methoxy groups -OCH3 is 2. The van der Waals surface area contributed by atoms with Crippen LogP contribution in [0.2, 0.25) is 10.0 Å². The fraction of sp³-hybridized carbons (Fsp3) is 0.143. The summed E-state index contributed by atoms with van der Waals surface area (Å²) in [6.45, 7) is 0.